The minimum Gasteiger partial charge on any atom is -0.508 e. The van der Waals surface area contributed by atoms with Crippen LogP contribution in [0.2, 0.25) is 0 Å². The van der Waals surface area contributed by atoms with Crippen LogP contribution in [-0.2, 0) is 9.53 Å². The van der Waals surface area contributed by atoms with Crippen LogP contribution in [0.3, 0.4) is 0 Å². The Labute approximate surface area is 146 Å². The molecule has 2 aromatic rings. The summed E-state index contributed by atoms with van der Waals surface area (Å²) in [7, 11) is 0. The lowest BCUT2D eigenvalue weighted by atomic mass is 10.0. The van der Waals surface area contributed by atoms with Gasteiger partial charge in [0.2, 0.25) is 5.91 Å². The number of phenolic OH excluding ortho intramolecular Hbond substituents is 1. The van der Waals surface area contributed by atoms with Gasteiger partial charge >= 0.3 is 0 Å². The van der Waals surface area contributed by atoms with Gasteiger partial charge in [0.15, 0.2) is 0 Å². The molecule has 2 rings (SSSR count). The van der Waals surface area contributed by atoms with Crippen LogP contribution in [0.15, 0.2) is 60.7 Å². The number of carbonyl (C=O) groups excluding carboxylic acids is 1. The molecular formula is C19H22N2O4. The summed E-state index contributed by atoms with van der Waals surface area (Å²) >= 11 is 0. The van der Waals surface area contributed by atoms with Crippen molar-refractivity contribution in [2.45, 2.75) is 19.1 Å². The summed E-state index contributed by atoms with van der Waals surface area (Å²) in [6, 6.07) is 13.1. The van der Waals surface area contributed by atoms with Crippen LogP contribution < -0.4 is 11.1 Å². The monoisotopic (exact) mass is 342 g/mol. The van der Waals surface area contributed by atoms with Crippen molar-refractivity contribution in [3.05, 3.63) is 66.2 Å². The number of nitrogen functional groups attached to an aromatic ring is 1. The second-order valence-electron chi connectivity index (χ2n) is 5.39. The van der Waals surface area contributed by atoms with Gasteiger partial charge in [-0.1, -0.05) is 24.3 Å². The fourth-order valence-electron chi connectivity index (χ4n) is 2.27. The minimum atomic E-state index is -0.966. The number of aliphatic hydroxyl groups is 1. The number of phenols is 1. The van der Waals surface area contributed by atoms with Crippen LogP contribution in [0.25, 0.3) is 0 Å². The van der Waals surface area contributed by atoms with Gasteiger partial charge in [-0.25, -0.2) is 0 Å². The van der Waals surface area contributed by atoms with Gasteiger partial charge in [-0.05, 0) is 42.8 Å². The molecular weight excluding hydrogens is 320 g/mol. The molecule has 0 heterocycles. The third kappa shape index (κ3) is 5.34. The molecule has 6 heteroatoms. The molecule has 25 heavy (non-hydrogen) atoms. The topological polar surface area (TPSA) is 105 Å². The van der Waals surface area contributed by atoms with Crippen molar-refractivity contribution in [3.8, 4) is 5.75 Å². The largest absolute Gasteiger partial charge is 0.508 e. The molecule has 0 saturated heterocycles. The number of rotatable bonds is 7. The minimum absolute atomic E-state index is 0.110. The van der Waals surface area contributed by atoms with E-state index in [-0.39, 0.29) is 11.7 Å². The number of ether oxygens (including phenoxy) is 1. The van der Waals surface area contributed by atoms with E-state index < -0.39 is 12.2 Å². The summed E-state index contributed by atoms with van der Waals surface area (Å²) in [5.41, 5.74) is 7.35. The molecule has 5 N–H and O–H groups in total. The Morgan fingerprint density at radius 3 is 2.56 bits per heavy atom. The molecule has 0 aliphatic rings. The molecule has 0 aliphatic heterocycles. The molecule has 6 nitrogen and oxygen atoms in total. The van der Waals surface area contributed by atoms with E-state index in [0.717, 1.165) is 0 Å². The highest BCUT2D eigenvalue weighted by Gasteiger charge is 2.19. The second-order valence-corrected chi connectivity index (χ2v) is 5.39. The fourth-order valence-corrected chi connectivity index (χ4v) is 2.27. The van der Waals surface area contributed by atoms with Crippen molar-refractivity contribution in [1.29, 1.82) is 0 Å². The Kier molecular flexibility index (Phi) is 6.56. The average Bonchev–Trinajstić information content (AvgIpc) is 2.60. The molecule has 2 aromatic carbocycles. The molecule has 1 amide bonds. The predicted molar refractivity (Wildman–Crippen MR) is 97.1 cm³/mol. The fraction of sp³-hybridized carbons (Fsp3) is 0.211. The van der Waals surface area contributed by atoms with E-state index in [1.807, 2.05) is 0 Å². The molecule has 0 aliphatic carbocycles. The standard InChI is InChI=1S/C19H22N2O4/c1-2-25-17(19(24)13-7-9-14(22)10-8-13)11-12-18(23)21-16-6-4-3-5-15(16)20/h3-12,17,19,22,24H,2,20H2,1H3,(H,21,23)/b12-11+/t17-,19-/m0/s1. The van der Waals surface area contributed by atoms with Crippen molar-refractivity contribution in [2.75, 3.05) is 17.7 Å². The number of hydrogen-bond acceptors (Lipinski definition) is 5. The number of aromatic hydroxyl groups is 1. The van der Waals surface area contributed by atoms with E-state index in [4.69, 9.17) is 10.5 Å². The maximum atomic E-state index is 12.1. The van der Waals surface area contributed by atoms with Gasteiger partial charge in [-0.2, -0.15) is 0 Å². The van der Waals surface area contributed by atoms with Gasteiger partial charge in [0.25, 0.3) is 0 Å². The maximum absolute atomic E-state index is 12.1. The molecule has 0 spiro atoms. The highest BCUT2D eigenvalue weighted by Crippen LogP contribution is 2.22. The zero-order valence-electron chi connectivity index (χ0n) is 13.9. The zero-order chi connectivity index (χ0) is 18.2. The number of carbonyl (C=O) groups is 1. The van der Waals surface area contributed by atoms with Crippen LogP contribution in [0.1, 0.15) is 18.6 Å². The lowest BCUT2D eigenvalue weighted by molar-refractivity contribution is -0.112. The van der Waals surface area contributed by atoms with Crippen molar-refractivity contribution in [3.63, 3.8) is 0 Å². The Morgan fingerprint density at radius 2 is 1.92 bits per heavy atom. The molecule has 0 aromatic heterocycles. The van der Waals surface area contributed by atoms with Crippen LogP contribution >= 0.6 is 0 Å². The average molecular weight is 342 g/mol. The van der Waals surface area contributed by atoms with E-state index in [9.17, 15) is 15.0 Å². The van der Waals surface area contributed by atoms with Gasteiger partial charge in [0, 0.05) is 12.7 Å². The lowest BCUT2D eigenvalue weighted by Crippen LogP contribution is -2.21. The van der Waals surface area contributed by atoms with Gasteiger partial charge < -0.3 is 26.0 Å². The highest BCUT2D eigenvalue weighted by atomic mass is 16.5. The molecule has 2 atom stereocenters. The number of amides is 1. The Bertz CT molecular complexity index is 728. The van der Waals surface area contributed by atoms with E-state index in [1.54, 1.807) is 43.3 Å². The number of para-hydroxylation sites is 2. The lowest BCUT2D eigenvalue weighted by Gasteiger charge is -2.20. The van der Waals surface area contributed by atoms with E-state index in [2.05, 4.69) is 5.32 Å². The number of anilines is 2. The molecule has 0 fully saturated rings. The summed E-state index contributed by atoms with van der Waals surface area (Å²) in [6.45, 7) is 2.17. The summed E-state index contributed by atoms with van der Waals surface area (Å²) in [4.78, 5) is 12.1. The number of nitrogens with two attached hydrogens (primary N) is 1. The Balaban J connectivity index is 2.06. The van der Waals surface area contributed by atoms with Crippen molar-refractivity contribution < 1.29 is 19.7 Å². The summed E-state index contributed by atoms with van der Waals surface area (Å²) in [5, 5.41) is 22.4. The van der Waals surface area contributed by atoms with E-state index >= 15 is 0 Å². The number of aliphatic hydroxyl groups excluding tert-OH is 1. The van der Waals surface area contributed by atoms with Gasteiger partial charge in [-0.15, -0.1) is 0 Å². The first-order valence-electron chi connectivity index (χ1n) is 7.93. The third-order valence-corrected chi connectivity index (χ3v) is 3.56. The first-order valence-corrected chi connectivity index (χ1v) is 7.93. The van der Waals surface area contributed by atoms with Gasteiger partial charge in [-0.3, -0.25) is 4.79 Å². The van der Waals surface area contributed by atoms with E-state index in [0.29, 0.717) is 23.5 Å². The smallest absolute Gasteiger partial charge is 0.248 e. The molecule has 0 radical (unpaired) electrons. The van der Waals surface area contributed by atoms with Crippen LogP contribution in [0, 0.1) is 0 Å². The summed E-state index contributed by atoms with van der Waals surface area (Å²) in [6.07, 6.45) is 1.13. The number of benzene rings is 2. The second kappa shape index (κ2) is 8.86. The third-order valence-electron chi connectivity index (χ3n) is 3.56. The van der Waals surface area contributed by atoms with Crippen LogP contribution in [-0.4, -0.2) is 28.8 Å². The molecule has 0 saturated carbocycles. The highest BCUT2D eigenvalue weighted by molar-refractivity contribution is 6.01. The Morgan fingerprint density at radius 1 is 1.24 bits per heavy atom. The SMILES string of the molecule is CCO[C@@H](/C=C/C(=O)Nc1ccccc1N)[C@@H](O)c1ccc(O)cc1. The van der Waals surface area contributed by atoms with Crippen molar-refractivity contribution in [1.82, 2.24) is 0 Å². The summed E-state index contributed by atoms with van der Waals surface area (Å²) < 4.78 is 5.51. The van der Waals surface area contributed by atoms with Crippen LogP contribution in [0.5, 0.6) is 5.75 Å². The first kappa shape index (κ1) is 18.5. The number of hydrogen-bond donors (Lipinski definition) is 4. The van der Waals surface area contributed by atoms with E-state index in [1.165, 1.54) is 24.3 Å². The van der Waals surface area contributed by atoms with Gasteiger partial charge in [0.1, 0.15) is 18.0 Å². The number of nitrogens with one attached hydrogen (secondary N) is 1. The molecule has 0 bridgehead atoms. The van der Waals surface area contributed by atoms with Crippen LogP contribution in [0.4, 0.5) is 11.4 Å². The van der Waals surface area contributed by atoms with Gasteiger partial charge in [0.05, 0.1) is 11.4 Å². The molecule has 132 valence electrons. The summed E-state index contributed by atoms with van der Waals surface area (Å²) in [5.74, 6) is -0.264. The maximum Gasteiger partial charge on any atom is 0.248 e. The molecule has 0 unspecified atom stereocenters. The quantitative estimate of drug-likeness (QED) is 0.457. The normalized spacial score (nSPS) is 13.5. The van der Waals surface area contributed by atoms with Crippen molar-refractivity contribution >= 4 is 17.3 Å². The zero-order valence-corrected chi connectivity index (χ0v) is 13.9. The first-order chi connectivity index (χ1) is 12.0. The van der Waals surface area contributed by atoms with Crippen molar-refractivity contribution in [2.24, 2.45) is 0 Å². The predicted octanol–water partition coefficient (Wildman–Crippen LogP) is 2.61. The Hall–Kier alpha value is -2.83.